The minimum atomic E-state index is -2.84. The third-order valence-electron chi connectivity index (χ3n) is 3.95. The van der Waals surface area contributed by atoms with E-state index in [1.165, 1.54) is 0 Å². The first-order valence-electron chi connectivity index (χ1n) is 8.25. The summed E-state index contributed by atoms with van der Waals surface area (Å²) >= 11 is 6.05. The SMILES string of the molecule is Cc1cc(CN=C(NCC2CCS(=O)(=O)C2)NC(C)C)ccc1Cl. The van der Waals surface area contributed by atoms with Gasteiger partial charge in [-0.3, -0.25) is 0 Å². The summed E-state index contributed by atoms with van der Waals surface area (Å²) in [5, 5.41) is 7.31. The zero-order valence-corrected chi connectivity index (χ0v) is 16.0. The van der Waals surface area contributed by atoms with E-state index in [4.69, 9.17) is 11.6 Å². The van der Waals surface area contributed by atoms with Crippen LogP contribution in [0.3, 0.4) is 0 Å². The molecule has 2 rings (SSSR count). The highest BCUT2D eigenvalue weighted by Gasteiger charge is 2.27. The topological polar surface area (TPSA) is 70.6 Å². The molecular formula is C17H26ClN3O2S. The highest BCUT2D eigenvalue weighted by Crippen LogP contribution is 2.18. The first-order chi connectivity index (χ1) is 11.2. The van der Waals surface area contributed by atoms with Gasteiger partial charge >= 0.3 is 0 Å². The van der Waals surface area contributed by atoms with Crippen LogP contribution in [-0.2, 0) is 16.4 Å². The van der Waals surface area contributed by atoms with Crippen LogP contribution in [0.4, 0.5) is 0 Å². The number of sulfone groups is 1. The Balaban J connectivity index is 1.97. The van der Waals surface area contributed by atoms with Gasteiger partial charge in [0.05, 0.1) is 18.1 Å². The van der Waals surface area contributed by atoms with Crippen molar-refractivity contribution < 1.29 is 8.42 Å². The van der Waals surface area contributed by atoms with E-state index in [-0.39, 0.29) is 17.7 Å². The van der Waals surface area contributed by atoms with E-state index in [0.717, 1.165) is 22.6 Å². The Labute approximate surface area is 149 Å². The minimum absolute atomic E-state index is 0.159. The average Bonchev–Trinajstić information content (AvgIpc) is 2.84. The molecule has 0 radical (unpaired) electrons. The molecule has 0 saturated carbocycles. The van der Waals surface area contributed by atoms with Crippen molar-refractivity contribution in [2.24, 2.45) is 10.9 Å². The smallest absolute Gasteiger partial charge is 0.191 e. The van der Waals surface area contributed by atoms with Crippen molar-refractivity contribution in [3.05, 3.63) is 34.3 Å². The number of aliphatic imine (C=N–C) groups is 1. The lowest BCUT2D eigenvalue weighted by atomic mass is 10.1. The van der Waals surface area contributed by atoms with Crippen LogP contribution in [0, 0.1) is 12.8 Å². The van der Waals surface area contributed by atoms with Crippen molar-refractivity contribution in [2.45, 2.75) is 39.8 Å². The summed E-state index contributed by atoms with van der Waals surface area (Å²) in [5.41, 5.74) is 2.12. The number of halogens is 1. The van der Waals surface area contributed by atoms with Gasteiger partial charge in [-0.15, -0.1) is 0 Å². The fourth-order valence-electron chi connectivity index (χ4n) is 2.68. The van der Waals surface area contributed by atoms with Crippen LogP contribution >= 0.6 is 11.6 Å². The van der Waals surface area contributed by atoms with Crippen LogP contribution in [0.5, 0.6) is 0 Å². The summed E-state index contributed by atoms with van der Waals surface area (Å²) in [7, 11) is -2.84. The third kappa shape index (κ3) is 5.98. The van der Waals surface area contributed by atoms with Gasteiger partial charge in [0, 0.05) is 17.6 Å². The van der Waals surface area contributed by atoms with E-state index in [1.54, 1.807) is 0 Å². The molecule has 1 saturated heterocycles. The zero-order chi connectivity index (χ0) is 17.7. The van der Waals surface area contributed by atoms with Gasteiger partial charge < -0.3 is 10.6 Å². The number of hydrogen-bond acceptors (Lipinski definition) is 3. The molecule has 1 atom stereocenters. The predicted octanol–water partition coefficient (Wildman–Crippen LogP) is 2.53. The molecule has 0 aromatic heterocycles. The summed E-state index contributed by atoms with van der Waals surface area (Å²) in [5.74, 6) is 1.44. The Morgan fingerprint density at radius 1 is 1.42 bits per heavy atom. The summed E-state index contributed by atoms with van der Waals surface area (Å²) in [6.45, 7) is 7.23. The summed E-state index contributed by atoms with van der Waals surface area (Å²) in [6, 6.07) is 6.13. The summed E-state index contributed by atoms with van der Waals surface area (Å²) in [4.78, 5) is 4.60. The van der Waals surface area contributed by atoms with Gasteiger partial charge in [0.1, 0.15) is 0 Å². The van der Waals surface area contributed by atoms with E-state index in [9.17, 15) is 8.42 Å². The number of nitrogens with zero attached hydrogens (tertiary/aromatic N) is 1. The van der Waals surface area contributed by atoms with Crippen molar-refractivity contribution in [1.82, 2.24) is 10.6 Å². The lowest BCUT2D eigenvalue weighted by Gasteiger charge is -2.17. The Morgan fingerprint density at radius 3 is 2.75 bits per heavy atom. The maximum atomic E-state index is 11.5. The van der Waals surface area contributed by atoms with Crippen LogP contribution in [0.15, 0.2) is 23.2 Å². The Bertz CT molecular complexity index is 702. The molecule has 1 aromatic carbocycles. The molecular weight excluding hydrogens is 346 g/mol. The predicted molar refractivity (Wildman–Crippen MR) is 100 cm³/mol. The fourth-order valence-corrected chi connectivity index (χ4v) is 4.65. The quantitative estimate of drug-likeness (QED) is 0.616. The molecule has 1 aliphatic rings. The maximum Gasteiger partial charge on any atom is 0.191 e. The van der Waals surface area contributed by atoms with Crippen LogP contribution in [0.2, 0.25) is 5.02 Å². The van der Waals surface area contributed by atoms with Crippen LogP contribution in [0.1, 0.15) is 31.4 Å². The highest BCUT2D eigenvalue weighted by atomic mass is 35.5. The lowest BCUT2D eigenvalue weighted by Crippen LogP contribution is -2.43. The third-order valence-corrected chi connectivity index (χ3v) is 6.21. The molecule has 0 bridgehead atoms. The van der Waals surface area contributed by atoms with Crippen molar-refractivity contribution in [3.63, 3.8) is 0 Å². The largest absolute Gasteiger partial charge is 0.356 e. The molecule has 1 aliphatic heterocycles. The number of rotatable bonds is 5. The molecule has 2 N–H and O–H groups in total. The van der Waals surface area contributed by atoms with Gasteiger partial charge in [-0.1, -0.05) is 23.7 Å². The molecule has 7 heteroatoms. The van der Waals surface area contributed by atoms with Crippen molar-refractivity contribution in [2.75, 3.05) is 18.1 Å². The number of guanidine groups is 1. The van der Waals surface area contributed by atoms with E-state index in [0.29, 0.717) is 24.8 Å². The Hall–Kier alpha value is -1.27. The number of aryl methyl sites for hydroxylation is 1. The monoisotopic (exact) mass is 371 g/mol. The summed E-state index contributed by atoms with van der Waals surface area (Å²) < 4.78 is 23.1. The first kappa shape index (κ1) is 19.1. The van der Waals surface area contributed by atoms with Gasteiger partial charge in [0.2, 0.25) is 0 Å². The number of nitrogens with one attached hydrogen (secondary N) is 2. The second-order valence-electron chi connectivity index (χ2n) is 6.70. The second kappa shape index (κ2) is 8.21. The maximum absolute atomic E-state index is 11.5. The van der Waals surface area contributed by atoms with Gasteiger partial charge in [0.25, 0.3) is 0 Å². The molecule has 0 aliphatic carbocycles. The van der Waals surface area contributed by atoms with E-state index >= 15 is 0 Å². The molecule has 24 heavy (non-hydrogen) atoms. The molecule has 1 aromatic rings. The zero-order valence-electron chi connectivity index (χ0n) is 14.5. The second-order valence-corrected chi connectivity index (χ2v) is 9.33. The summed E-state index contributed by atoms with van der Waals surface area (Å²) in [6.07, 6.45) is 0.723. The van der Waals surface area contributed by atoms with Crippen LogP contribution < -0.4 is 10.6 Å². The normalized spacial score (nSPS) is 20.4. The first-order valence-corrected chi connectivity index (χ1v) is 10.5. The van der Waals surface area contributed by atoms with Crippen molar-refractivity contribution >= 4 is 27.4 Å². The Kier molecular flexibility index (Phi) is 6.52. The van der Waals surface area contributed by atoms with Gasteiger partial charge in [-0.25, -0.2) is 13.4 Å². The molecule has 5 nitrogen and oxygen atoms in total. The van der Waals surface area contributed by atoms with Gasteiger partial charge in [0.15, 0.2) is 15.8 Å². The van der Waals surface area contributed by atoms with E-state index in [1.807, 2.05) is 39.0 Å². The fraction of sp³-hybridized carbons (Fsp3) is 0.588. The highest BCUT2D eigenvalue weighted by molar-refractivity contribution is 7.91. The molecule has 1 heterocycles. The molecule has 0 amide bonds. The van der Waals surface area contributed by atoms with Crippen LogP contribution in [-0.4, -0.2) is 38.5 Å². The lowest BCUT2D eigenvalue weighted by molar-refractivity contribution is 0.562. The van der Waals surface area contributed by atoms with Crippen molar-refractivity contribution in [1.29, 1.82) is 0 Å². The molecule has 1 fully saturated rings. The molecule has 134 valence electrons. The minimum Gasteiger partial charge on any atom is -0.356 e. The van der Waals surface area contributed by atoms with Gasteiger partial charge in [-0.2, -0.15) is 0 Å². The number of hydrogen-bond donors (Lipinski definition) is 2. The standard InChI is InChI=1S/C17H26ClN3O2S/c1-12(2)21-17(20-10-15-6-7-24(22,23)11-15)19-9-14-4-5-16(18)13(3)8-14/h4-5,8,12,15H,6-7,9-11H2,1-3H3,(H2,19,20,21). The molecule has 1 unspecified atom stereocenters. The Morgan fingerprint density at radius 2 is 2.17 bits per heavy atom. The van der Waals surface area contributed by atoms with E-state index < -0.39 is 9.84 Å². The average molecular weight is 372 g/mol. The van der Waals surface area contributed by atoms with Gasteiger partial charge in [-0.05, 0) is 50.3 Å². The van der Waals surface area contributed by atoms with Crippen molar-refractivity contribution in [3.8, 4) is 0 Å². The van der Waals surface area contributed by atoms with Crippen LogP contribution in [0.25, 0.3) is 0 Å². The number of benzene rings is 1. The van der Waals surface area contributed by atoms with E-state index in [2.05, 4.69) is 15.6 Å². The molecule has 0 spiro atoms.